The van der Waals surface area contributed by atoms with Crippen molar-refractivity contribution in [2.45, 2.75) is 20.0 Å². The summed E-state index contributed by atoms with van der Waals surface area (Å²) in [5, 5.41) is 13.1. The summed E-state index contributed by atoms with van der Waals surface area (Å²) in [6.07, 6.45) is -4.51. The van der Waals surface area contributed by atoms with Crippen LogP contribution in [0, 0.1) is 31.8 Å². The smallest absolute Gasteiger partial charge is 0.310 e. The summed E-state index contributed by atoms with van der Waals surface area (Å²) in [5.74, 6) is 0. The highest BCUT2D eigenvalue weighted by Gasteiger charge is 2.32. The minimum absolute atomic E-state index is 0.391. The van der Waals surface area contributed by atoms with Crippen molar-refractivity contribution in [3.8, 4) is 39.7 Å². The van der Waals surface area contributed by atoms with E-state index in [1.54, 1.807) is 12.1 Å². The molecular weight excluding hydrogens is 678 g/mol. The SMILES string of the molecule is [C-]#[N+]c1cccc(-n2c3ccccc3c3cc(C(F)(F)F)ccc32)c1-c1c(-c2ccc(C#N)cc2C)cccc1-n1c2ccccc2c2cc(C)ccc21. The molecule has 0 saturated heterocycles. The molecule has 0 saturated carbocycles. The highest BCUT2D eigenvalue weighted by atomic mass is 19.4. The maximum Gasteiger partial charge on any atom is 0.416 e. The summed E-state index contributed by atoms with van der Waals surface area (Å²) < 4.78 is 46.5. The van der Waals surface area contributed by atoms with Gasteiger partial charge in [-0.2, -0.15) is 18.4 Å². The van der Waals surface area contributed by atoms with E-state index in [0.717, 1.165) is 66.9 Å². The van der Waals surface area contributed by atoms with E-state index in [9.17, 15) is 18.4 Å². The maximum atomic E-state index is 14.1. The van der Waals surface area contributed by atoms with E-state index >= 15 is 0 Å². The molecule has 0 aliphatic rings. The molecule has 0 unspecified atom stereocenters. The molecule has 258 valence electrons. The minimum atomic E-state index is -4.51. The van der Waals surface area contributed by atoms with Crippen LogP contribution in [0.3, 0.4) is 0 Å². The number of aromatic nitrogens is 2. The largest absolute Gasteiger partial charge is 0.416 e. The van der Waals surface area contributed by atoms with Gasteiger partial charge in [0.05, 0.1) is 51.5 Å². The first-order chi connectivity index (χ1) is 26.2. The second kappa shape index (κ2) is 12.3. The number of rotatable bonds is 4. The third kappa shape index (κ3) is 4.98. The van der Waals surface area contributed by atoms with E-state index in [1.165, 1.54) is 12.1 Å². The topological polar surface area (TPSA) is 38.0 Å². The summed E-state index contributed by atoms with van der Waals surface area (Å²) in [6.45, 7) is 12.6. The Balaban J connectivity index is 1.47. The van der Waals surface area contributed by atoms with Gasteiger partial charge in [-0.15, -0.1) is 0 Å². The predicted octanol–water partition coefficient (Wildman–Crippen LogP) is 13.3. The normalized spacial score (nSPS) is 11.8. The fourth-order valence-electron chi connectivity index (χ4n) is 8.07. The number of hydrogen-bond donors (Lipinski definition) is 0. The van der Waals surface area contributed by atoms with E-state index in [4.69, 9.17) is 6.57 Å². The van der Waals surface area contributed by atoms with Crippen LogP contribution in [0.25, 0.3) is 82.1 Å². The van der Waals surface area contributed by atoms with Gasteiger partial charge < -0.3 is 9.13 Å². The lowest BCUT2D eigenvalue weighted by molar-refractivity contribution is -0.137. The molecule has 54 heavy (non-hydrogen) atoms. The quantitative estimate of drug-likeness (QED) is 0.168. The molecular formula is C47H29F3N4. The van der Waals surface area contributed by atoms with Crippen LogP contribution in [-0.4, -0.2) is 9.13 Å². The number of hydrogen-bond acceptors (Lipinski definition) is 1. The van der Waals surface area contributed by atoms with E-state index < -0.39 is 11.7 Å². The Hall–Kier alpha value is -7.09. The number of fused-ring (bicyclic) bond motifs is 6. The number of nitrogens with zero attached hydrogens (tertiary/aromatic N) is 4. The summed E-state index contributed by atoms with van der Waals surface area (Å²) in [6, 6.07) is 45.5. The summed E-state index contributed by atoms with van der Waals surface area (Å²) >= 11 is 0. The molecule has 0 N–H and O–H groups in total. The average molecular weight is 707 g/mol. The number of alkyl halides is 3. The zero-order valence-electron chi connectivity index (χ0n) is 29.2. The van der Waals surface area contributed by atoms with Crippen molar-refractivity contribution in [1.29, 1.82) is 5.26 Å². The molecule has 7 heteroatoms. The lowest BCUT2D eigenvalue weighted by atomic mass is 9.88. The minimum Gasteiger partial charge on any atom is -0.310 e. The van der Waals surface area contributed by atoms with Gasteiger partial charge in [0.1, 0.15) is 0 Å². The van der Waals surface area contributed by atoms with Crippen LogP contribution in [0.15, 0.2) is 140 Å². The molecule has 0 radical (unpaired) electrons. The third-order valence-corrected chi connectivity index (χ3v) is 10.4. The number of nitriles is 1. The average Bonchev–Trinajstić information content (AvgIpc) is 3.69. The fraction of sp³-hybridized carbons (Fsp3) is 0.0638. The van der Waals surface area contributed by atoms with E-state index in [0.29, 0.717) is 38.8 Å². The highest BCUT2D eigenvalue weighted by molar-refractivity contribution is 6.13. The molecule has 9 aromatic rings. The van der Waals surface area contributed by atoms with E-state index in [-0.39, 0.29) is 0 Å². The van der Waals surface area contributed by atoms with Crippen molar-refractivity contribution in [2.75, 3.05) is 0 Å². The predicted molar refractivity (Wildman–Crippen MR) is 211 cm³/mol. The molecule has 2 aromatic heterocycles. The molecule has 0 atom stereocenters. The number of benzene rings is 7. The Kier molecular flexibility index (Phi) is 7.44. The molecule has 0 spiro atoms. The zero-order valence-corrected chi connectivity index (χ0v) is 29.2. The monoisotopic (exact) mass is 706 g/mol. The van der Waals surface area contributed by atoms with Crippen LogP contribution in [0.5, 0.6) is 0 Å². The molecule has 0 aliphatic carbocycles. The first kappa shape index (κ1) is 32.8. The van der Waals surface area contributed by atoms with Crippen LogP contribution in [0.4, 0.5) is 18.9 Å². The van der Waals surface area contributed by atoms with Gasteiger partial charge in [0.15, 0.2) is 5.69 Å². The van der Waals surface area contributed by atoms with Gasteiger partial charge in [0.25, 0.3) is 0 Å². The van der Waals surface area contributed by atoms with Gasteiger partial charge in [0, 0.05) is 38.4 Å². The molecule has 0 fully saturated rings. The van der Waals surface area contributed by atoms with Crippen molar-refractivity contribution in [2.24, 2.45) is 0 Å². The molecule has 0 bridgehead atoms. The Morgan fingerprint density at radius 1 is 0.574 bits per heavy atom. The van der Waals surface area contributed by atoms with Gasteiger partial charge in [-0.1, -0.05) is 78.4 Å². The van der Waals surface area contributed by atoms with Gasteiger partial charge in [-0.25, -0.2) is 4.85 Å². The number of aryl methyl sites for hydroxylation is 2. The summed E-state index contributed by atoms with van der Waals surface area (Å²) in [7, 11) is 0. The van der Waals surface area contributed by atoms with Gasteiger partial charge >= 0.3 is 6.18 Å². The highest BCUT2D eigenvalue weighted by Crippen LogP contribution is 2.49. The van der Waals surface area contributed by atoms with Crippen LogP contribution in [0.2, 0.25) is 0 Å². The Labute approximate surface area is 309 Å². The second-order valence-electron chi connectivity index (χ2n) is 13.6. The van der Waals surface area contributed by atoms with Crippen LogP contribution in [-0.2, 0) is 6.18 Å². The summed E-state index contributed by atoms with van der Waals surface area (Å²) in [5.41, 5.74) is 10.2. The van der Waals surface area contributed by atoms with Crippen LogP contribution < -0.4 is 0 Å². The molecule has 0 aliphatic heterocycles. The van der Waals surface area contributed by atoms with Crippen molar-refractivity contribution in [3.63, 3.8) is 0 Å². The van der Waals surface area contributed by atoms with Crippen LogP contribution >= 0.6 is 0 Å². The Morgan fingerprint density at radius 3 is 1.80 bits per heavy atom. The van der Waals surface area contributed by atoms with Crippen molar-refractivity contribution in [3.05, 3.63) is 173 Å². The number of para-hydroxylation sites is 2. The second-order valence-corrected chi connectivity index (χ2v) is 13.6. The molecule has 0 amide bonds. The Morgan fingerprint density at radius 2 is 1.17 bits per heavy atom. The first-order valence-electron chi connectivity index (χ1n) is 17.4. The molecule has 9 rings (SSSR count). The van der Waals surface area contributed by atoms with Gasteiger partial charge in [-0.05, 0) is 97.3 Å². The van der Waals surface area contributed by atoms with E-state index in [1.807, 2.05) is 84.3 Å². The fourth-order valence-corrected chi connectivity index (χ4v) is 8.07. The van der Waals surface area contributed by atoms with Gasteiger partial charge in [-0.3, -0.25) is 0 Å². The zero-order chi connectivity index (χ0) is 37.3. The molecule has 4 nitrogen and oxygen atoms in total. The van der Waals surface area contributed by atoms with Crippen molar-refractivity contribution < 1.29 is 13.2 Å². The lowest BCUT2D eigenvalue weighted by Crippen LogP contribution is -2.05. The van der Waals surface area contributed by atoms with E-state index in [2.05, 4.69) is 58.8 Å². The maximum absolute atomic E-state index is 14.1. The Bertz CT molecular complexity index is 3090. The lowest BCUT2D eigenvalue weighted by Gasteiger charge is -2.23. The van der Waals surface area contributed by atoms with Crippen molar-refractivity contribution >= 4 is 49.3 Å². The molecule has 7 aromatic carbocycles. The van der Waals surface area contributed by atoms with Gasteiger partial charge in [0.2, 0.25) is 0 Å². The van der Waals surface area contributed by atoms with Crippen molar-refractivity contribution in [1.82, 2.24) is 9.13 Å². The third-order valence-electron chi connectivity index (χ3n) is 10.4. The summed E-state index contributed by atoms with van der Waals surface area (Å²) in [4.78, 5) is 4.10. The molecule has 2 heterocycles. The first-order valence-corrected chi connectivity index (χ1v) is 17.4. The standard InChI is InChI=1S/C47H29F3N4/c1-28-18-22-41-36(24-28)33-10-4-6-14-39(33)53(41)43-16-8-12-35(32-21-19-30(27-51)25-29(32)2)45(43)46-38(52-3)13-9-17-44(46)54-40-15-7-5-11-34(40)37-26-31(47(48,49)50)20-23-42(37)54/h4-26H,1-2H3. The van der Waals surface area contributed by atoms with Crippen LogP contribution in [0.1, 0.15) is 22.3 Å². The number of halogens is 3.